The van der Waals surface area contributed by atoms with Gasteiger partial charge in [-0.25, -0.2) is 0 Å². The van der Waals surface area contributed by atoms with Crippen molar-refractivity contribution in [3.63, 3.8) is 0 Å². The number of rotatable bonds is 6. The van der Waals surface area contributed by atoms with Crippen LogP contribution in [0.15, 0.2) is 78.9 Å². The second kappa shape index (κ2) is 7.64. The van der Waals surface area contributed by atoms with E-state index in [2.05, 4.69) is 54.6 Å². The van der Waals surface area contributed by atoms with Crippen molar-refractivity contribution >= 4 is 0 Å². The molecular formula is C22H22O. The zero-order valence-corrected chi connectivity index (χ0v) is 13.3. The molecule has 0 spiro atoms. The van der Waals surface area contributed by atoms with Gasteiger partial charge in [0.15, 0.2) is 0 Å². The average Bonchev–Trinajstić information content (AvgIpc) is 2.60. The van der Waals surface area contributed by atoms with Crippen LogP contribution in [0.25, 0.3) is 0 Å². The number of hydrogen-bond donors (Lipinski definition) is 1. The minimum absolute atomic E-state index is 0.374. The van der Waals surface area contributed by atoms with Crippen molar-refractivity contribution in [2.24, 2.45) is 0 Å². The van der Waals surface area contributed by atoms with Crippen molar-refractivity contribution in [3.8, 4) is 5.75 Å². The topological polar surface area (TPSA) is 20.2 Å². The molecule has 3 rings (SSSR count). The van der Waals surface area contributed by atoms with Crippen molar-refractivity contribution in [3.05, 3.63) is 101 Å². The summed E-state index contributed by atoms with van der Waals surface area (Å²) in [5.41, 5.74) is 5.08. The van der Waals surface area contributed by atoms with Crippen LogP contribution in [0.5, 0.6) is 5.75 Å². The summed E-state index contributed by atoms with van der Waals surface area (Å²) in [6.07, 6.45) is 3.92. The fourth-order valence-corrected chi connectivity index (χ4v) is 2.90. The molecule has 23 heavy (non-hydrogen) atoms. The Hall–Kier alpha value is -2.54. The largest absolute Gasteiger partial charge is 0.508 e. The molecule has 0 heterocycles. The number of phenols is 1. The molecule has 116 valence electrons. The molecule has 0 bridgehead atoms. The van der Waals surface area contributed by atoms with E-state index >= 15 is 0 Å². The Bertz CT molecular complexity index is 671. The lowest BCUT2D eigenvalue weighted by Crippen LogP contribution is -1.95. The van der Waals surface area contributed by atoms with Gasteiger partial charge >= 0.3 is 0 Å². The predicted octanol–water partition coefficient (Wildman–Crippen LogP) is 4.96. The van der Waals surface area contributed by atoms with Gasteiger partial charge in [0.05, 0.1) is 0 Å². The molecule has 3 aromatic carbocycles. The molecular weight excluding hydrogens is 280 g/mol. The summed E-state index contributed by atoms with van der Waals surface area (Å²) in [5, 5.41) is 9.99. The normalized spacial score (nSPS) is 10.6. The van der Waals surface area contributed by atoms with Crippen LogP contribution in [0.1, 0.15) is 22.3 Å². The Morgan fingerprint density at radius 1 is 0.478 bits per heavy atom. The van der Waals surface area contributed by atoms with Crippen LogP contribution < -0.4 is 0 Å². The van der Waals surface area contributed by atoms with Gasteiger partial charge in [0.25, 0.3) is 0 Å². The predicted molar refractivity (Wildman–Crippen MR) is 95.8 cm³/mol. The van der Waals surface area contributed by atoms with E-state index < -0.39 is 0 Å². The Labute approximate surface area is 138 Å². The van der Waals surface area contributed by atoms with Crippen LogP contribution in [0.4, 0.5) is 0 Å². The molecule has 0 radical (unpaired) electrons. The summed E-state index contributed by atoms with van der Waals surface area (Å²) in [6.45, 7) is 0. The molecule has 0 fully saturated rings. The molecule has 0 unspecified atom stereocenters. The number of phenolic OH excluding ortho intramolecular Hbond substituents is 1. The number of aryl methyl sites for hydroxylation is 4. The van der Waals surface area contributed by atoms with Gasteiger partial charge in [-0.1, -0.05) is 66.7 Å². The fraction of sp³-hybridized carbons (Fsp3) is 0.182. The number of hydrogen-bond acceptors (Lipinski definition) is 1. The van der Waals surface area contributed by atoms with Gasteiger partial charge in [-0.2, -0.15) is 0 Å². The fourth-order valence-electron chi connectivity index (χ4n) is 2.90. The summed E-state index contributed by atoms with van der Waals surface area (Å²) < 4.78 is 0. The van der Waals surface area contributed by atoms with Crippen molar-refractivity contribution in [2.45, 2.75) is 25.7 Å². The SMILES string of the molecule is Oc1cc(CCc2ccccc2)cc(CCc2ccccc2)c1. The maximum absolute atomic E-state index is 9.99. The molecule has 0 saturated heterocycles. The first-order valence-electron chi connectivity index (χ1n) is 8.19. The van der Waals surface area contributed by atoms with Crippen LogP contribution in [-0.4, -0.2) is 5.11 Å². The molecule has 1 nitrogen and oxygen atoms in total. The van der Waals surface area contributed by atoms with E-state index in [9.17, 15) is 5.11 Å². The molecule has 0 aliphatic heterocycles. The molecule has 0 aliphatic carbocycles. The van der Waals surface area contributed by atoms with Gasteiger partial charge in [-0.3, -0.25) is 0 Å². The maximum Gasteiger partial charge on any atom is 0.116 e. The van der Waals surface area contributed by atoms with E-state index in [-0.39, 0.29) is 0 Å². The van der Waals surface area contributed by atoms with E-state index in [0.29, 0.717) is 5.75 Å². The lowest BCUT2D eigenvalue weighted by molar-refractivity contribution is 0.473. The lowest BCUT2D eigenvalue weighted by atomic mass is 9.99. The van der Waals surface area contributed by atoms with Crippen molar-refractivity contribution in [1.82, 2.24) is 0 Å². The monoisotopic (exact) mass is 302 g/mol. The molecule has 0 aliphatic rings. The highest BCUT2D eigenvalue weighted by atomic mass is 16.3. The average molecular weight is 302 g/mol. The first kappa shape index (κ1) is 15.4. The minimum Gasteiger partial charge on any atom is -0.508 e. The summed E-state index contributed by atoms with van der Waals surface area (Å²) in [5.74, 6) is 0.374. The summed E-state index contributed by atoms with van der Waals surface area (Å²) in [6, 6.07) is 27.0. The smallest absolute Gasteiger partial charge is 0.116 e. The highest BCUT2D eigenvalue weighted by Crippen LogP contribution is 2.19. The Morgan fingerprint density at radius 2 is 0.870 bits per heavy atom. The Balaban J connectivity index is 1.64. The van der Waals surface area contributed by atoms with Gasteiger partial charge in [-0.15, -0.1) is 0 Å². The third-order valence-corrected chi connectivity index (χ3v) is 4.13. The highest BCUT2D eigenvalue weighted by Gasteiger charge is 2.02. The van der Waals surface area contributed by atoms with Gasteiger partial charge in [0.1, 0.15) is 5.75 Å². The summed E-state index contributed by atoms with van der Waals surface area (Å²) in [7, 11) is 0. The molecule has 0 aromatic heterocycles. The Morgan fingerprint density at radius 3 is 1.30 bits per heavy atom. The van der Waals surface area contributed by atoms with E-state index in [1.165, 1.54) is 22.3 Å². The quantitative estimate of drug-likeness (QED) is 0.682. The summed E-state index contributed by atoms with van der Waals surface area (Å²) >= 11 is 0. The second-order valence-corrected chi connectivity index (χ2v) is 5.98. The van der Waals surface area contributed by atoms with Gasteiger partial charge in [0, 0.05) is 0 Å². The molecule has 1 heteroatoms. The third-order valence-electron chi connectivity index (χ3n) is 4.13. The number of benzene rings is 3. The van der Waals surface area contributed by atoms with Gasteiger partial charge < -0.3 is 5.11 Å². The van der Waals surface area contributed by atoms with Crippen molar-refractivity contribution < 1.29 is 5.11 Å². The van der Waals surface area contributed by atoms with Gasteiger partial charge in [-0.05, 0) is 60.1 Å². The molecule has 3 aromatic rings. The van der Waals surface area contributed by atoms with Crippen LogP contribution in [0.2, 0.25) is 0 Å². The van der Waals surface area contributed by atoms with Crippen molar-refractivity contribution in [2.75, 3.05) is 0 Å². The highest BCUT2D eigenvalue weighted by molar-refractivity contribution is 5.35. The van der Waals surface area contributed by atoms with E-state index in [4.69, 9.17) is 0 Å². The zero-order chi connectivity index (χ0) is 15.9. The first-order chi connectivity index (χ1) is 11.3. The van der Waals surface area contributed by atoms with E-state index in [0.717, 1.165) is 25.7 Å². The maximum atomic E-state index is 9.99. The minimum atomic E-state index is 0.374. The van der Waals surface area contributed by atoms with Crippen LogP contribution in [0.3, 0.4) is 0 Å². The summed E-state index contributed by atoms with van der Waals surface area (Å²) in [4.78, 5) is 0. The van der Waals surface area contributed by atoms with Gasteiger partial charge in [0.2, 0.25) is 0 Å². The van der Waals surface area contributed by atoms with Crippen molar-refractivity contribution in [1.29, 1.82) is 0 Å². The first-order valence-corrected chi connectivity index (χ1v) is 8.19. The second-order valence-electron chi connectivity index (χ2n) is 5.98. The van der Waals surface area contributed by atoms with Crippen LogP contribution >= 0.6 is 0 Å². The zero-order valence-electron chi connectivity index (χ0n) is 13.3. The molecule has 0 amide bonds. The molecule has 0 saturated carbocycles. The van der Waals surface area contributed by atoms with E-state index in [1.54, 1.807) is 0 Å². The van der Waals surface area contributed by atoms with Crippen LogP contribution in [-0.2, 0) is 25.7 Å². The standard InChI is InChI=1S/C22H22O/c23-22-16-20(13-11-18-7-3-1-4-8-18)15-21(17-22)14-12-19-9-5-2-6-10-19/h1-10,15-17,23H,11-14H2. The molecule has 0 atom stereocenters. The molecule has 1 N–H and O–H groups in total. The van der Waals surface area contributed by atoms with Crippen LogP contribution in [0, 0.1) is 0 Å². The number of aromatic hydroxyl groups is 1. The Kier molecular flexibility index (Phi) is 5.10. The lowest BCUT2D eigenvalue weighted by Gasteiger charge is -2.08. The third kappa shape index (κ3) is 4.72. The van der Waals surface area contributed by atoms with E-state index in [1.807, 2.05) is 24.3 Å².